The van der Waals surface area contributed by atoms with E-state index in [1.165, 1.54) is 0 Å². The predicted molar refractivity (Wildman–Crippen MR) is 110 cm³/mol. The van der Waals surface area contributed by atoms with E-state index in [4.69, 9.17) is 24.1 Å². The lowest BCUT2D eigenvalue weighted by atomic mass is 9.81. The molecule has 0 saturated carbocycles. The van der Waals surface area contributed by atoms with Gasteiger partial charge in [0.25, 0.3) is 5.91 Å². The molecule has 1 aromatic carbocycles. The molecule has 1 N–H and O–H groups in total. The van der Waals surface area contributed by atoms with Crippen molar-refractivity contribution in [2.75, 3.05) is 46.1 Å². The van der Waals surface area contributed by atoms with Crippen molar-refractivity contribution >= 4 is 11.7 Å². The highest BCUT2D eigenvalue weighted by Gasteiger charge is 2.39. The Labute approximate surface area is 181 Å². The zero-order valence-corrected chi connectivity index (χ0v) is 17.5. The first-order valence-corrected chi connectivity index (χ1v) is 10.9. The summed E-state index contributed by atoms with van der Waals surface area (Å²) in [5.74, 6) is -0.0193. The number of ether oxygens (including phenoxy) is 4. The summed E-state index contributed by atoms with van der Waals surface area (Å²) in [7, 11) is 0. The van der Waals surface area contributed by atoms with E-state index in [-0.39, 0.29) is 36.6 Å². The van der Waals surface area contributed by atoms with Gasteiger partial charge in [-0.15, -0.1) is 0 Å². The average Bonchev–Trinajstić information content (AvgIpc) is 2.82. The molecule has 3 aliphatic heterocycles. The van der Waals surface area contributed by atoms with Gasteiger partial charge in [0.05, 0.1) is 37.9 Å². The van der Waals surface area contributed by atoms with Crippen molar-refractivity contribution in [1.82, 2.24) is 4.90 Å². The van der Waals surface area contributed by atoms with Crippen molar-refractivity contribution in [3.05, 3.63) is 41.7 Å². The summed E-state index contributed by atoms with van der Waals surface area (Å²) in [6.07, 6.45) is 2.93. The Balaban J connectivity index is 1.52. The standard InChI is InChI=1S/C23H29NO7/c25-9-3-4-10-29-21-14-16(13-20(31-21)23(27)24-7-11-28-12-8-24)18-15-30-19-6-2-1-5-17(19)22(18)26/h1-2,5-6,13,16,18,21,25H,3-4,7-12,14-15H2/t16-,18?,21+/m1/s1. The summed E-state index contributed by atoms with van der Waals surface area (Å²) in [6.45, 7) is 2.77. The van der Waals surface area contributed by atoms with Gasteiger partial charge in [0.2, 0.25) is 6.29 Å². The molecule has 1 amide bonds. The highest BCUT2D eigenvalue weighted by molar-refractivity contribution is 6.01. The van der Waals surface area contributed by atoms with E-state index >= 15 is 0 Å². The zero-order valence-electron chi connectivity index (χ0n) is 17.5. The molecule has 0 aromatic heterocycles. The van der Waals surface area contributed by atoms with Gasteiger partial charge in [0, 0.05) is 32.0 Å². The average molecular weight is 431 g/mol. The predicted octanol–water partition coefficient (Wildman–Crippen LogP) is 1.77. The number of rotatable bonds is 7. The van der Waals surface area contributed by atoms with Gasteiger partial charge in [-0.1, -0.05) is 12.1 Å². The van der Waals surface area contributed by atoms with E-state index in [2.05, 4.69) is 0 Å². The number of carbonyl (C=O) groups is 2. The molecule has 0 spiro atoms. The van der Waals surface area contributed by atoms with Crippen LogP contribution in [-0.4, -0.2) is 74.1 Å². The molecule has 0 radical (unpaired) electrons. The molecule has 31 heavy (non-hydrogen) atoms. The molecule has 1 unspecified atom stereocenters. The van der Waals surface area contributed by atoms with Gasteiger partial charge in [-0.25, -0.2) is 0 Å². The summed E-state index contributed by atoms with van der Waals surface area (Å²) in [5, 5.41) is 8.98. The van der Waals surface area contributed by atoms with Gasteiger partial charge in [-0.3, -0.25) is 9.59 Å². The van der Waals surface area contributed by atoms with E-state index in [0.29, 0.717) is 63.5 Å². The first-order valence-electron chi connectivity index (χ1n) is 10.9. The Morgan fingerprint density at radius 1 is 1.19 bits per heavy atom. The van der Waals surface area contributed by atoms with Gasteiger partial charge in [-0.05, 0) is 31.1 Å². The molecule has 0 aliphatic carbocycles. The second-order valence-electron chi connectivity index (χ2n) is 7.96. The number of carbonyl (C=O) groups excluding carboxylic acids is 2. The lowest BCUT2D eigenvalue weighted by molar-refractivity contribution is -0.158. The summed E-state index contributed by atoms with van der Waals surface area (Å²) < 4.78 is 22.9. The molecule has 168 valence electrons. The third-order valence-corrected chi connectivity index (χ3v) is 5.88. The summed E-state index contributed by atoms with van der Waals surface area (Å²) in [5.41, 5.74) is 0.570. The maximum atomic E-state index is 13.2. The molecule has 8 nitrogen and oxygen atoms in total. The number of morpholine rings is 1. The number of aliphatic hydroxyl groups is 1. The first-order chi connectivity index (χ1) is 15.2. The quantitative estimate of drug-likeness (QED) is 0.658. The van der Waals surface area contributed by atoms with Gasteiger partial charge in [-0.2, -0.15) is 0 Å². The van der Waals surface area contributed by atoms with E-state index in [1.807, 2.05) is 12.1 Å². The zero-order chi connectivity index (χ0) is 21.6. The third-order valence-electron chi connectivity index (χ3n) is 5.88. The number of hydrogen-bond donors (Lipinski definition) is 1. The van der Waals surface area contributed by atoms with Gasteiger partial charge >= 0.3 is 0 Å². The molecular formula is C23H29NO7. The fraction of sp³-hybridized carbons (Fsp3) is 0.565. The third kappa shape index (κ3) is 5.08. The van der Waals surface area contributed by atoms with Crippen LogP contribution in [0, 0.1) is 11.8 Å². The number of allylic oxidation sites excluding steroid dienone is 1. The van der Waals surface area contributed by atoms with Crippen LogP contribution in [0.1, 0.15) is 29.6 Å². The Bertz CT molecular complexity index is 818. The maximum Gasteiger partial charge on any atom is 0.288 e. The van der Waals surface area contributed by atoms with Gasteiger partial charge in [0.1, 0.15) is 5.75 Å². The minimum absolute atomic E-state index is 0.0159. The Morgan fingerprint density at radius 3 is 2.81 bits per heavy atom. The maximum absolute atomic E-state index is 13.2. The fourth-order valence-corrected chi connectivity index (χ4v) is 4.14. The molecule has 4 rings (SSSR count). The normalized spacial score (nSPS) is 25.8. The van der Waals surface area contributed by atoms with Gasteiger partial charge in [0.15, 0.2) is 11.5 Å². The number of Topliss-reactive ketones (excluding diaryl/α,β-unsaturated/α-hetero) is 1. The van der Waals surface area contributed by atoms with Crippen LogP contribution in [0.3, 0.4) is 0 Å². The minimum Gasteiger partial charge on any atom is -0.492 e. The number of unbranched alkanes of at least 4 members (excludes halogenated alkanes) is 1. The molecule has 3 atom stereocenters. The van der Waals surface area contributed by atoms with Crippen LogP contribution in [0.2, 0.25) is 0 Å². The highest BCUT2D eigenvalue weighted by Crippen LogP contribution is 2.36. The topological polar surface area (TPSA) is 94.5 Å². The van der Waals surface area contributed by atoms with E-state index in [1.54, 1.807) is 23.1 Å². The molecule has 3 aliphatic rings. The molecular weight excluding hydrogens is 402 g/mol. The van der Waals surface area contributed by atoms with Crippen molar-refractivity contribution in [2.45, 2.75) is 25.6 Å². The van der Waals surface area contributed by atoms with E-state index < -0.39 is 12.2 Å². The minimum atomic E-state index is -0.626. The van der Waals surface area contributed by atoms with Crippen LogP contribution in [0.25, 0.3) is 0 Å². The smallest absolute Gasteiger partial charge is 0.288 e. The molecule has 1 fully saturated rings. The number of aliphatic hydroxyl groups excluding tert-OH is 1. The number of fused-ring (bicyclic) bond motifs is 1. The number of ketones is 1. The number of amides is 1. The van der Waals surface area contributed by atoms with Crippen LogP contribution in [0.15, 0.2) is 36.1 Å². The van der Waals surface area contributed by atoms with Crippen molar-refractivity contribution in [2.24, 2.45) is 11.8 Å². The largest absolute Gasteiger partial charge is 0.492 e. The highest BCUT2D eigenvalue weighted by atomic mass is 16.7. The summed E-state index contributed by atoms with van der Waals surface area (Å²) in [6, 6.07) is 7.23. The lowest BCUT2D eigenvalue weighted by Crippen LogP contribution is -2.44. The second-order valence-corrected chi connectivity index (χ2v) is 7.96. The molecule has 1 saturated heterocycles. The number of hydrogen-bond acceptors (Lipinski definition) is 7. The number of nitrogens with zero attached hydrogens (tertiary/aromatic N) is 1. The Hall–Kier alpha value is -2.42. The summed E-state index contributed by atoms with van der Waals surface area (Å²) >= 11 is 0. The summed E-state index contributed by atoms with van der Waals surface area (Å²) in [4.78, 5) is 27.9. The molecule has 0 bridgehead atoms. The van der Waals surface area contributed by atoms with E-state index in [9.17, 15) is 9.59 Å². The van der Waals surface area contributed by atoms with Crippen molar-refractivity contribution in [1.29, 1.82) is 0 Å². The fourth-order valence-electron chi connectivity index (χ4n) is 4.14. The van der Waals surface area contributed by atoms with Crippen molar-refractivity contribution < 1.29 is 33.6 Å². The SMILES string of the molecule is O=C1c2ccccc2OCC1[C@@H]1C=C(C(=O)N2CCOCC2)O[C@H](OCCCCO)C1. The Morgan fingerprint density at radius 2 is 2.00 bits per heavy atom. The molecule has 8 heteroatoms. The monoisotopic (exact) mass is 431 g/mol. The van der Waals surface area contributed by atoms with Crippen LogP contribution < -0.4 is 4.74 Å². The van der Waals surface area contributed by atoms with Crippen LogP contribution in [0.5, 0.6) is 5.75 Å². The van der Waals surface area contributed by atoms with Crippen molar-refractivity contribution in [3.8, 4) is 5.75 Å². The van der Waals surface area contributed by atoms with Crippen LogP contribution in [-0.2, 0) is 19.0 Å². The van der Waals surface area contributed by atoms with Crippen molar-refractivity contribution in [3.63, 3.8) is 0 Å². The molecule has 3 heterocycles. The molecule has 1 aromatic rings. The second kappa shape index (κ2) is 10.3. The number of benzene rings is 1. The number of para-hydroxylation sites is 1. The Kier molecular flexibility index (Phi) is 7.21. The van der Waals surface area contributed by atoms with E-state index in [0.717, 1.165) is 0 Å². The van der Waals surface area contributed by atoms with Crippen LogP contribution in [0.4, 0.5) is 0 Å². The van der Waals surface area contributed by atoms with Gasteiger partial charge < -0.3 is 29.0 Å². The first kappa shape index (κ1) is 21.8. The van der Waals surface area contributed by atoms with Crippen LogP contribution >= 0.6 is 0 Å². The lowest BCUT2D eigenvalue weighted by Gasteiger charge is -2.36.